The Balaban J connectivity index is 1.26. The van der Waals surface area contributed by atoms with Gasteiger partial charge in [-0.2, -0.15) is 0 Å². The SMILES string of the molecule is COc1ccc(C(=O)O)cc1-c1ccc([C@@H]2CC23CCN(C(=O)C2NCNN2)CC3)cc1. The van der Waals surface area contributed by atoms with E-state index in [1.165, 1.54) is 5.56 Å². The summed E-state index contributed by atoms with van der Waals surface area (Å²) in [5.41, 5.74) is 9.47. The maximum absolute atomic E-state index is 12.6. The van der Waals surface area contributed by atoms with E-state index in [-0.39, 0.29) is 17.6 Å². The molecule has 2 aromatic rings. The largest absolute Gasteiger partial charge is 0.496 e. The van der Waals surface area contributed by atoms with Crippen molar-refractivity contribution in [3.63, 3.8) is 0 Å². The maximum atomic E-state index is 12.6. The van der Waals surface area contributed by atoms with Gasteiger partial charge in [-0.1, -0.05) is 24.3 Å². The minimum Gasteiger partial charge on any atom is -0.496 e. The van der Waals surface area contributed by atoms with E-state index >= 15 is 0 Å². The van der Waals surface area contributed by atoms with Crippen molar-refractivity contribution in [2.24, 2.45) is 5.41 Å². The zero-order valence-corrected chi connectivity index (χ0v) is 18.1. The molecule has 168 valence electrons. The van der Waals surface area contributed by atoms with Gasteiger partial charge in [0.05, 0.1) is 19.3 Å². The second kappa shape index (κ2) is 8.20. The van der Waals surface area contributed by atoms with E-state index in [0.717, 1.165) is 43.5 Å². The number of aromatic carboxylic acids is 1. The van der Waals surface area contributed by atoms with Gasteiger partial charge < -0.3 is 14.7 Å². The highest BCUT2D eigenvalue weighted by molar-refractivity contribution is 5.90. The van der Waals surface area contributed by atoms with Gasteiger partial charge in [0, 0.05) is 18.7 Å². The molecule has 2 atom stereocenters. The Bertz CT molecular complexity index is 1020. The zero-order chi connectivity index (χ0) is 22.3. The molecule has 2 saturated heterocycles. The summed E-state index contributed by atoms with van der Waals surface area (Å²) in [7, 11) is 1.59. The van der Waals surface area contributed by atoms with Crippen LogP contribution in [0.25, 0.3) is 11.1 Å². The molecule has 2 aliphatic heterocycles. The lowest BCUT2D eigenvalue weighted by molar-refractivity contribution is -0.135. The van der Waals surface area contributed by atoms with Crippen molar-refractivity contribution in [1.29, 1.82) is 0 Å². The molecule has 1 spiro atoms. The first-order valence-corrected chi connectivity index (χ1v) is 11.0. The minimum absolute atomic E-state index is 0.115. The molecule has 0 aromatic heterocycles. The lowest BCUT2D eigenvalue weighted by atomic mass is 9.88. The monoisotopic (exact) mass is 436 g/mol. The number of piperidine rings is 1. The third-order valence-corrected chi connectivity index (χ3v) is 7.22. The number of carbonyl (C=O) groups is 2. The topological polar surface area (TPSA) is 103 Å². The molecule has 32 heavy (non-hydrogen) atoms. The standard InChI is InChI=1S/C24H28N4O4/c1-32-20-7-6-17(23(30)31)12-18(20)15-2-4-16(5-3-15)19-13-24(19)8-10-28(11-9-24)22(29)21-25-14-26-27-21/h2-7,12,19,21,25-27H,8-11,13-14H2,1H3,(H,30,31)/t19-,21?/m0/s1. The first kappa shape index (κ1) is 20.9. The van der Waals surface area contributed by atoms with Crippen LogP contribution in [0.5, 0.6) is 5.75 Å². The smallest absolute Gasteiger partial charge is 0.335 e. The second-order valence-corrected chi connectivity index (χ2v) is 8.92. The van der Waals surface area contributed by atoms with E-state index in [1.807, 2.05) is 17.0 Å². The number of benzene rings is 2. The highest BCUT2D eigenvalue weighted by Crippen LogP contribution is 2.65. The lowest BCUT2D eigenvalue weighted by Gasteiger charge is -2.34. The summed E-state index contributed by atoms with van der Waals surface area (Å²) in [6, 6.07) is 13.3. The van der Waals surface area contributed by atoms with Crippen molar-refractivity contribution >= 4 is 11.9 Å². The van der Waals surface area contributed by atoms with Crippen LogP contribution in [-0.2, 0) is 4.79 Å². The summed E-state index contributed by atoms with van der Waals surface area (Å²) >= 11 is 0. The molecule has 2 aromatic carbocycles. The van der Waals surface area contributed by atoms with Crippen LogP contribution in [-0.4, -0.2) is 54.9 Å². The molecule has 3 fully saturated rings. The Kier molecular flexibility index (Phi) is 5.36. The van der Waals surface area contributed by atoms with Gasteiger partial charge in [0.1, 0.15) is 5.75 Å². The number of ether oxygens (including phenoxy) is 1. The molecule has 0 radical (unpaired) electrons. The number of rotatable bonds is 5. The first-order chi connectivity index (χ1) is 15.5. The summed E-state index contributed by atoms with van der Waals surface area (Å²) in [4.78, 5) is 25.9. The molecule has 5 rings (SSSR count). The van der Waals surface area contributed by atoms with Gasteiger partial charge in [0.25, 0.3) is 5.91 Å². The number of methoxy groups -OCH3 is 1. The molecule has 2 heterocycles. The van der Waals surface area contributed by atoms with E-state index in [1.54, 1.807) is 25.3 Å². The van der Waals surface area contributed by atoms with Gasteiger partial charge in [0.15, 0.2) is 6.17 Å². The van der Waals surface area contributed by atoms with Crippen LogP contribution in [0.1, 0.15) is 41.1 Å². The summed E-state index contributed by atoms with van der Waals surface area (Å²) in [5.74, 6) is 0.338. The first-order valence-electron chi connectivity index (χ1n) is 11.0. The fourth-order valence-corrected chi connectivity index (χ4v) is 5.19. The Morgan fingerprint density at radius 1 is 1.12 bits per heavy atom. The second-order valence-electron chi connectivity index (χ2n) is 8.92. The quantitative estimate of drug-likeness (QED) is 0.569. The molecule has 1 saturated carbocycles. The van der Waals surface area contributed by atoms with Crippen molar-refractivity contribution in [2.45, 2.75) is 31.3 Å². The van der Waals surface area contributed by atoms with Gasteiger partial charge in [-0.25, -0.2) is 15.6 Å². The molecule has 0 bridgehead atoms. The van der Waals surface area contributed by atoms with E-state index in [0.29, 0.717) is 23.8 Å². The molecule has 8 nitrogen and oxygen atoms in total. The van der Waals surface area contributed by atoms with Crippen LogP contribution in [0.4, 0.5) is 0 Å². The third-order valence-electron chi connectivity index (χ3n) is 7.22. The molecule has 1 unspecified atom stereocenters. The number of nitrogens with one attached hydrogen (secondary N) is 3. The van der Waals surface area contributed by atoms with Crippen molar-refractivity contribution < 1.29 is 19.4 Å². The molecular weight excluding hydrogens is 408 g/mol. The lowest BCUT2D eigenvalue weighted by Crippen LogP contribution is -2.52. The molecule has 8 heteroatoms. The zero-order valence-electron chi connectivity index (χ0n) is 18.1. The molecule has 3 aliphatic rings. The van der Waals surface area contributed by atoms with E-state index in [9.17, 15) is 14.7 Å². The number of likely N-dealkylation sites (tertiary alicyclic amines) is 1. The Morgan fingerprint density at radius 2 is 1.88 bits per heavy atom. The predicted octanol–water partition coefficient (Wildman–Crippen LogP) is 2.14. The van der Waals surface area contributed by atoms with Gasteiger partial charge in [-0.05, 0) is 59.9 Å². The van der Waals surface area contributed by atoms with Crippen LogP contribution in [0, 0.1) is 5.41 Å². The van der Waals surface area contributed by atoms with Crippen LogP contribution in [0.2, 0.25) is 0 Å². The number of carbonyl (C=O) groups excluding carboxylic acids is 1. The van der Waals surface area contributed by atoms with E-state index < -0.39 is 5.97 Å². The number of hydrogen-bond donors (Lipinski definition) is 4. The third kappa shape index (κ3) is 3.74. The van der Waals surface area contributed by atoms with Gasteiger partial charge in [0.2, 0.25) is 0 Å². The number of amides is 1. The number of carboxylic acids is 1. The average molecular weight is 437 g/mol. The number of nitrogens with zero attached hydrogens (tertiary/aromatic N) is 1. The van der Waals surface area contributed by atoms with Gasteiger partial charge >= 0.3 is 5.97 Å². The molecule has 4 N–H and O–H groups in total. The summed E-state index contributed by atoms with van der Waals surface area (Å²) in [5, 5.41) is 12.4. The number of carboxylic acid groups (broad SMARTS) is 1. The van der Waals surface area contributed by atoms with Crippen molar-refractivity contribution in [3.05, 3.63) is 53.6 Å². The normalized spacial score (nSPS) is 23.8. The maximum Gasteiger partial charge on any atom is 0.335 e. The summed E-state index contributed by atoms with van der Waals surface area (Å²) in [6.07, 6.45) is 2.89. The van der Waals surface area contributed by atoms with E-state index in [2.05, 4.69) is 28.3 Å². The van der Waals surface area contributed by atoms with Crippen LogP contribution in [0.3, 0.4) is 0 Å². The van der Waals surface area contributed by atoms with Crippen molar-refractivity contribution in [3.8, 4) is 16.9 Å². The molecule has 1 amide bonds. The highest BCUT2D eigenvalue weighted by Gasteiger charge is 2.55. The van der Waals surface area contributed by atoms with Crippen LogP contribution < -0.4 is 20.9 Å². The molecular formula is C24H28N4O4. The van der Waals surface area contributed by atoms with E-state index in [4.69, 9.17) is 4.74 Å². The predicted molar refractivity (Wildman–Crippen MR) is 119 cm³/mol. The van der Waals surface area contributed by atoms with Crippen LogP contribution >= 0.6 is 0 Å². The average Bonchev–Trinajstić information content (AvgIpc) is 3.24. The van der Waals surface area contributed by atoms with Gasteiger partial charge in [-0.3, -0.25) is 10.1 Å². The fraction of sp³-hybridized carbons (Fsp3) is 0.417. The van der Waals surface area contributed by atoms with Gasteiger partial charge in [-0.15, -0.1) is 0 Å². The minimum atomic E-state index is -0.953. The number of hydrogen-bond acceptors (Lipinski definition) is 6. The number of hydrazine groups is 1. The Labute approximate surface area is 186 Å². The Morgan fingerprint density at radius 3 is 2.50 bits per heavy atom. The van der Waals surface area contributed by atoms with Crippen LogP contribution in [0.15, 0.2) is 42.5 Å². The highest BCUT2D eigenvalue weighted by atomic mass is 16.5. The summed E-state index contributed by atoms with van der Waals surface area (Å²) in [6.45, 7) is 2.19. The Hall–Kier alpha value is -2.94. The van der Waals surface area contributed by atoms with Crippen molar-refractivity contribution in [1.82, 2.24) is 21.1 Å². The molecule has 1 aliphatic carbocycles. The summed E-state index contributed by atoms with van der Waals surface area (Å²) < 4.78 is 5.44. The van der Waals surface area contributed by atoms with Crippen molar-refractivity contribution in [2.75, 3.05) is 26.9 Å². The fourth-order valence-electron chi connectivity index (χ4n) is 5.19.